The second-order valence-corrected chi connectivity index (χ2v) is 4.88. The van der Waals surface area contributed by atoms with Crippen LogP contribution in [-0.4, -0.2) is 46.7 Å². The highest BCUT2D eigenvalue weighted by Gasteiger charge is 2.15. The maximum atomic E-state index is 4.26. The Labute approximate surface area is 104 Å². The Kier molecular flexibility index (Phi) is 4.57. The van der Waals surface area contributed by atoms with Crippen LogP contribution < -0.4 is 5.32 Å². The zero-order chi connectivity index (χ0) is 12.1. The fourth-order valence-electron chi connectivity index (χ4n) is 2.44. The Morgan fingerprint density at radius 2 is 2.35 bits per heavy atom. The second-order valence-electron chi connectivity index (χ2n) is 4.88. The summed E-state index contributed by atoms with van der Waals surface area (Å²) in [6.07, 6.45) is 6.44. The molecule has 1 N–H and O–H groups in total. The predicted molar refractivity (Wildman–Crippen MR) is 70.1 cm³/mol. The molecule has 0 saturated carbocycles. The third kappa shape index (κ3) is 3.54. The lowest BCUT2D eigenvalue weighted by molar-refractivity contribution is 0.254. The van der Waals surface area contributed by atoms with Crippen molar-refractivity contribution >= 4 is 0 Å². The molecule has 1 aliphatic rings. The van der Waals surface area contributed by atoms with Gasteiger partial charge in [0, 0.05) is 38.1 Å². The summed E-state index contributed by atoms with van der Waals surface area (Å²) in [5, 5.41) is 3.60. The Balaban J connectivity index is 1.83. The fraction of sp³-hybridized carbons (Fsp3) is 0.769. The number of imidazole rings is 1. The normalized spacial score (nSPS) is 22.6. The molecule has 1 fully saturated rings. The van der Waals surface area contributed by atoms with Crippen LogP contribution in [0.25, 0.3) is 0 Å². The van der Waals surface area contributed by atoms with Gasteiger partial charge in [-0.15, -0.1) is 0 Å². The van der Waals surface area contributed by atoms with Gasteiger partial charge in [-0.05, 0) is 32.9 Å². The van der Waals surface area contributed by atoms with Crippen LogP contribution in [0.15, 0.2) is 12.4 Å². The zero-order valence-corrected chi connectivity index (χ0v) is 11.0. The van der Waals surface area contributed by atoms with Gasteiger partial charge in [0.15, 0.2) is 0 Å². The van der Waals surface area contributed by atoms with Crippen LogP contribution in [0.1, 0.15) is 25.6 Å². The van der Waals surface area contributed by atoms with E-state index in [-0.39, 0.29) is 0 Å². The van der Waals surface area contributed by atoms with Crippen LogP contribution in [0.4, 0.5) is 0 Å². The van der Waals surface area contributed by atoms with E-state index in [9.17, 15) is 0 Å². The van der Waals surface area contributed by atoms with Crippen molar-refractivity contribution in [1.29, 1.82) is 0 Å². The summed E-state index contributed by atoms with van der Waals surface area (Å²) in [6, 6.07) is 0.668. The molecule has 0 radical (unpaired) electrons. The molecule has 17 heavy (non-hydrogen) atoms. The van der Waals surface area contributed by atoms with Crippen molar-refractivity contribution in [3.63, 3.8) is 0 Å². The number of hydrogen-bond donors (Lipinski definition) is 1. The molecule has 1 aromatic rings. The molecule has 0 bridgehead atoms. The van der Waals surface area contributed by atoms with Gasteiger partial charge >= 0.3 is 0 Å². The molecule has 0 aromatic carbocycles. The van der Waals surface area contributed by atoms with E-state index in [4.69, 9.17) is 0 Å². The van der Waals surface area contributed by atoms with Gasteiger partial charge in [0.25, 0.3) is 0 Å². The summed E-state index contributed by atoms with van der Waals surface area (Å²) in [6.45, 7) is 10.1. The van der Waals surface area contributed by atoms with Gasteiger partial charge < -0.3 is 9.88 Å². The molecule has 1 aliphatic heterocycles. The lowest BCUT2D eigenvalue weighted by Crippen LogP contribution is -2.38. The summed E-state index contributed by atoms with van der Waals surface area (Å²) >= 11 is 0. The van der Waals surface area contributed by atoms with Crippen molar-refractivity contribution in [3.05, 3.63) is 18.2 Å². The Hall–Kier alpha value is -0.870. The van der Waals surface area contributed by atoms with E-state index in [2.05, 4.69) is 39.8 Å². The third-order valence-electron chi connectivity index (χ3n) is 3.64. The molecule has 0 spiro atoms. The number of nitrogens with zero attached hydrogens (tertiary/aromatic N) is 3. The summed E-state index contributed by atoms with van der Waals surface area (Å²) in [7, 11) is 0. The smallest absolute Gasteiger partial charge is 0.105 e. The topological polar surface area (TPSA) is 33.1 Å². The van der Waals surface area contributed by atoms with Gasteiger partial charge in [-0.1, -0.05) is 6.92 Å². The highest BCUT2D eigenvalue weighted by molar-refractivity contribution is 4.88. The molecule has 1 atom stereocenters. The lowest BCUT2D eigenvalue weighted by atomic mass is 10.2. The molecule has 1 saturated heterocycles. The third-order valence-corrected chi connectivity index (χ3v) is 3.64. The lowest BCUT2D eigenvalue weighted by Gasteiger charge is -2.23. The summed E-state index contributed by atoms with van der Waals surface area (Å²) < 4.78 is 2.24. The van der Waals surface area contributed by atoms with Crippen LogP contribution in [0.3, 0.4) is 0 Å². The van der Waals surface area contributed by atoms with Crippen molar-refractivity contribution in [1.82, 2.24) is 19.8 Å². The summed E-state index contributed by atoms with van der Waals surface area (Å²) in [5.41, 5.74) is 0. The van der Waals surface area contributed by atoms with Crippen molar-refractivity contribution < 1.29 is 0 Å². The van der Waals surface area contributed by atoms with Crippen molar-refractivity contribution in [2.45, 2.75) is 39.3 Å². The molecule has 1 aromatic heterocycles. The van der Waals surface area contributed by atoms with Gasteiger partial charge in [-0.25, -0.2) is 4.98 Å². The van der Waals surface area contributed by atoms with Gasteiger partial charge in [0.1, 0.15) is 5.82 Å². The van der Waals surface area contributed by atoms with Gasteiger partial charge in [0.2, 0.25) is 0 Å². The number of rotatable bonds is 4. The van der Waals surface area contributed by atoms with Crippen molar-refractivity contribution in [2.24, 2.45) is 0 Å². The van der Waals surface area contributed by atoms with E-state index in [0.717, 1.165) is 18.9 Å². The maximum absolute atomic E-state index is 4.26. The van der Waals surface area contributed by atoms with Gasteiger partial charge in [0.05, 0.1) is 0 Å². The van der Waals surface area contributed by atoms with E-state index in [1.165, 1.54) is 32.5 Å². The van der Waals surface area contributed by atoms with Gasteiger partial charge in [-0.3, -0.25) is 4.90 Å². The largest absolute Gasteiger partial charge is 0.334 e. The zero-order valence-electron chi connectivity index (χ0n) is 11.0. The molecule has 4 nitrogen and oxygen atoms in total. The average molecular weight is 236 g/mol. The first-order valence-corrected chi connectivity index (χ1v) is 6.73. The molecule has 96 valence electrons. The van der Waals surface area contributed by atoms with Crippen LogP contribution in [0.5, 0.6) is 0 Å². The molecule has 2 heterocycles. The first kappa shape index (κ1) is 12.6. The van der Waals surface area contributed by atoms with E-state index in [0.29, 0.717) is 6.04 Å². The van der Waals surface area contributed by atoms with Crippen molar-refractivity contribution in [2.75, 3.05) is 26.2 Å². The summed E-state index contributed by atoms with van der Waals surface area (Å²) in [4.78, 5) is 6.84. The average Bonchev–Trinajstić information content (AvgIpc) is 2.62. The van der Waals surface area contributed by atoms with Crippen molar-refractivity contribution in [3.8, 4) is 0 Å². The highest BCUT2D eigenvalue weighted by atomic mass is 15.2. The fourth-order valence-corrected chi connectivity index (χ4v) is 2.44. The molecular weight excluding hydrogens is 212 g/mol. The first-order valence-electron chi connectivity index (χ1n) is 6.73. The van der Waals surface area contributed by atoms with E-state index in [1.54, 1.807) is 0 Å². The molecule has 0 amide bonds. The minimum Gasteiger partial charge on any atom is -0.334 e. The van der Waals surface area contributed by atoms with Crippen LogP contribution in [0.2, 0.25) is 0 Å². The van der Waals surface area contributed by atoms with E-state index >= 15 is 0 Å². The quantitative estimate of drug-likeness (QED) is 0.854. The summed E-state index contributed by atoms with van der Waals surface area (Å²) in [5.74, 6) is 1.12. The molecular formula is C13H24N4. The SMILES string of the molecule is CCC1CN(CCn2ccnc2C)CCCN1. The molecule has 4 heteroatoms. The standard InChI is InChI=1S/C13H24N4/c1-3-13-11-16(7-4-5-15-13)9-10-17-8-6-14-12(17)2/h6,8,13,15H,3-5,7,9-11H2,1-2H3. The minimum atomic E-state index is 0.668. The Morgan fingerprint density at radius 1 is 1.47 bits per heavy atom. The van der Waals surface area contributed by atoms with E-state index < -0.39 is 0 Å². The van der Waals surface area contributed by atoms with Crippen LogP contribution >= 0.6 is 0 Å². The predicted octanol–water partition coefficient (Wildman–Crippen LogP) is 1.27. The number of nitrogens with one attached hydrogen (secondary N) is 1. The maximum Gasteiger partial charge on any atom is 0.105 e. The minimum absolute atomic E-state index is 0.668. The molecule has 0 aliphatic carbocycles. The monoisotopic (exact) mass is 236 g/mol. The second kappa shape index (κ2) is 6.17. The molecule has 2 rings (SSSR count). The number of aromatic nitrogens is 2. The first-order chi connectivity index (χ1) is 8.29. The Bertz CT molecular complexity index is 334. The highest BCUT2D eigenvalue weighted by Crippen LogP contribution is 2.04. The van der Waals surface area contributed by atoms with Crippen LogP contribution in [-0.2, 0) is 6.54 Å². The van der Waals surface area contributed by atoms with E-state index in [1.807, 2.05) is 6.20 Å². The molecule has 1 unspecified atom stereocenters. The Morgan fingerprint density at radius 3 is 3.06 bits per heavy atom. The number of aryl methyl sites for hydroxylation is 1. The van der Waals surface area contributed by atoms with Crippen LogP contribution in [0, 0.1) is 6.92 Å². The number of hydrogen-bond acceptors (Lipinski definition) is 3. The van der Waals surface area contributed by atoms with Gasteiger partial charge in [-0.2, -0.15) is 0 Å².